The molecule has 0 aromatic heterocycles. The minimum atomic E-state index is -0.782. The summed E-state index contributed by atoms with van der Waals surface area (Å²) in [5.41, 5.74) is -0.782. The minimum absolute atomic E-state index is 0.0191. The SMILES string of the molecule is CC(C)OCC(=O)N1CCNC(=O)C1(C)C. The second kappa shape index (κ2) is 4.82. The maximum atomic E-state index is 11.9. The summed E-state index contributed by atoms with van der Waals surface area (Å²) in [6, 6.07) is 0. The summed E-state index contributed by atoms with van der Waals surface area (Å²) in [4.78, 5) is 25.1. The third kappa shape index (κ3) is 2.72. The van der Waals surface area contributed by atoms with Gasteiger partial charge < -0.3 is 15.0 Å². The van der Waals surface area contributed by atoms with Crippen LogP contribution in [0.1, 0.15) is 27.7 Å². The summed E-state index contributed by atoms with van der Waals surface area (Å²) in [5.74, 6) is -0.245. The number of rotatable bonds is 3. The second-order valence-corrected chi connectivity index (χ2v) is 4.72. The summed E-state index contributed by atoms with van der Waals surface area (Å²) < 4.78 is 5.26. The summed E-state index contributed by atoms with van der Waals surface area (Å²) in [5, 5.41) is 2.75. The van der Waals surface area contributed by atoms with Crippen LogP contribution in [0.3, 0.4) is 0 Å². The fourth-order valence-corrected chi connectivity index (χ4v) is 1.65. The number of amides is 2. The number of carbonyl (C=O) groups is 2. The van der Waals surface area contributed by atoms with Crippen LogP contribution in [-0.2, 0) is 14.3 Å². The van der Waals surface area contributed by atoms with Gasteiger partial charge in [-0.2, -0.15) is 0 Å². The molecule has 2 amide bonds. The van der Waals surface area contributed by atoms with E-state index in [2.05, 4.69) is 5.32 Å². The highest BCUT2D eigenvalue weighted by atomic mass is 16.5. The number of nitrogens with one attached hydrogen (secondary N) is 1. The van der Waals surface area contributed by atoms with Crippen LogP contribution in [-0.4, -0.2) is 48.1 Å². The number of ether oxygens (including phenoxy) is 1. The number of hydrogen-bond acceptors (Lipinski definition) is 3. The van der Waals surface area contributed by atoms with Crippen molar-refractivity contribution in [2.24, 2.45) is 0 Å². The van der Waals surface area contributed by atoms with Crippen LogP contribution in [0.4, 0.5) is 0 Å². The Balaban J connectivity index is 2.63. The molecule has 1 aliphatic rings. The zero-order chi connectivity index (χ0) is 12.3. The highest BCUT2D eigenvalue weighted by Crippen LogP contribution is 2.17. The molecule has 1 fully saturated rings. The van der Waals surface area contributed by atoms with Gasteiger partial charge in [-0.25, -0.2) is 0 Å². The molecule has 0 saturated carbocycles. The summed E-state index contributed by atoms with van der Waals surface area (Å²) in [6.45, 7) is 8.33. The zero-order valence-electron chi connectivity index (χ0n) is 10.4. The maximum absolute atomic E-state index is 11.9. The van der Waals surface area contributed by atoms with Crippen molar-refractivity contribution < 1.29 is 14.3 Å². The molecule has 1 N–H and O–H groups in total. The van der Waals surface area contributed by atoms with Crippen LogP contribution in [0.5, 0.6) is 0 Å². The Morgan fingerprint density at radius 3 is 2.75 bits per heavy atom. The first-order valence-electron chi connectivity index (χ1n) is 5.56. The fraction of sp³-hybridized carbons (Fsp3) is 0.818. The molecule has 0 radical (unpaired) electrons. The van der Waals surface area contributed by atoms with E-state index >= 15 is 0 Å². The van der Waals surface area contributed by atoms with E-state index in [1.165, 1.54) is 0 Å². The van der Waals surface area contributed by atoms with Crippen LogP contribution < -0.4 is 5.32 Å². The molecule has 0 spiro atoms. The molecule has 1 rings (SSSR count). The molecule has 0 bridgehead atoms. The molecule has 0 aromatic carbocycles. The third-order valence-electron chi connectivity index (χ3n) is 2.69. The van der Waals surface area contributed by atoms with Crippen LogP contribution in [0.15, 0.2) is 0 Å². The van der Waals surface area contributed by atoms with E-state index in [-0.39, 0.29) is 24.5 Å². The maximum Gasteiger partial charge on any atom is 0.249 e. The van der Waals surface area contributed by atoms with Gasteiger partial charge in [0.2, 0.25) is 11.8 Å². The molecular weight excluding hydrogens is 208 g/mol. The van der Waals surface area contributed by atoms with Gasteiger partial charge in [0.05, 0.1) is 6.10 Å². The van der Waals surface area contributed by atoms with Gasteiger partial charge >= 0.3 is 0 Å². The average molecular weight is 228 g/mol. The molecule has 1 saturated heterocycles. The molecule has 5 heteroatoms. The smallest absolute Gasteiger partial charge is 0.249 e. The van der Waals surface area contributed by atoms with Crippen LogP contribution in [0, 0.1) is 0 Å². The molecule has 92 valence electrons. The largest absolute Gasteiger partial charge is 0.369 e. The quantitative estimate of drug-likeness (QED) is 0.748. The first-order valence-corrected chi connectivity index (χ1v) is 5.56. The van der Waals surface area contributed by atoms with Crippen molar-refractivity contribution in [2.75, 3.05) is 19.7 Å². The Morgan fingerprint density at radius 2 is 2.19 bits per heavy atom. The van der Waals surface area contributed by atoms with Gasteiger partial charge in [-0.1, -0.05) is 0 Å². The molecular formula is C11H20N2O3. The molecule has 5 nitrogen and oxygen atoms in total. The molecule has 1 aliphatic heterocycles. The number of nitrogens with zero attached hydrogens (tertiary/aromatic N) is 1. The third-order valence-corrected chi connectivity index (χ3v) is 2.69. The lowest BCUT2D eigenvalue weighted by Gasteiger charge is -2.41. The standard InChI is InChI=1S/C11H20N2O3/c1-8(2)16-7-9(14)13-6-5-12-10(15)11(13,3)4/h8H,5-7H2,1-4H3,(H,12,15). The van der Waals surface area contributed by atoms with E-state index in [9.17, 15) is 9.59 Å². The van der Waals surface area contributed by atoms with Gasteiger partial charge in [0.1, 0.15) is 12.1 Å². The average Bonchev–Trinajstić information content (AvgIpc) is 2.18. The Bertz CT molecular complexity index is 287. The van der Waals surface area contributed by atoms with Crippen LogP contribution in [0.25, 0.3) is 0 Å². The lowest BCUT2D eigenvalue weighted by Crippen LogP contribution is -2.64. The highest BCUT2D eigenvalue weighted by Gasteiger charge is 2.40. The van der Waals surface area contributed by atoms with Crippen LogP contribution >= 0.6 is 0 Å². The number of hydrogen-bond donors (Lipinski definition) is 1. The Kier molecular flexibility index (Phi) is 3.91. The minimum Gasteiger partial charge on any atom is -0.369 e. The molecule has 0 unspecified atom stereocenters. The van der Waals surface area contributed by atoms with Gasteiger partial charge in [-0.3, -0.25) is 9.59 Å². The van der Waals surface area contributed by atoms with Crippen molar-refractivity contribution in [2.45, 2.75) is 39.3 Å². The van der Waals surface area contributed by atoms with Crippen molar-refractivity contribution in [1.82, 2.24) is 10.2 Å². The Labute approximate surface area is 96.1 Å². The van der Waals surface area contributed by atoms with Crippen molar-refractivity contribution in [1.29, 1.82) is 0 Å². The summed E-state index contributed by atoms with van der Waals surface area (Å²) in [7, 11) is 0. The normalized spacial score (nSPS) is 19.8. The zero-order valence-corrected chi connectivity index (χ0v) is 10.4. The molecule has 1 heterocycles. The Hall–Kier alpha value is -1.10. The first kappa shape index (κ1) is 13.0. The van der Waals surface area contributed by atoms with Crippen molar-refractivity contribution >= 4 is 11.8 Å². The predicted molar refractivity (Wildman–Crippen MR) is 59.9 cm³/mol. The molecule has 0 aliphatic carbocycles. The van der Waals surface area contributed by atoms with E-state index in [0.717, 1.165) is 0 Å². The summed E-state index contributed by atoms with van der Waals surface area (Å²) >= 11 is 0. The van der Waals surface area contributed by atoms with E-state index < -0.39 is 5.54 Å². The summed E-state index contributed by atoms with van der Waals surface area (Å²) in [6.07, 6.45) is 0.0191. The highest BCUT2D eigenvalue weighted by molar-refractivity contribution is 5.92. The lowest BCUT2D eigenvalue weighted by atomic mass is 9.99. The van der Waals surface area contributed by atoms with E-state index in [4.69, 9.17) is 4.74 Å². The molecule has 0 aromatic rings. The number of carbonyl (C=O) groups excluding carboxylic acids is 2. The van der Waals surface area contributed by atoms with Gasteiger partial charge in [-0.15, -0.1) is 0 Å². The topological polar surface area (TPSA) is 58.6 Å². The second-order valence-electron chi connectivity index (χ2n) is 4.72. The van der Waals surface area contributed by atoms with Crippen molar-refractivity contribution in [3.63, 3.8) is 0 Å². The van der Waals surface area contributed by atoms with Crippen molar-refractivity contribution in [3.8, 4) is 0 Å². The van der Waals surface area contributed by atoms with Gasteiger partial charge in [-0.05, 0) is 27.7 Å². The number of piperazine rings is 1. The van der Waals surface area contributed by atoms with E-state index in [1.54, 1.807) is 18.7 Å². The van der Waals surface area contributed by atoms with Crippen molar-refractivity contribution in [3.05, 3.63) is 0 Å². The first-order chi connectivity index (χ1) is 7.35. The molecule has 16 heavy (non-hydrogen) atoms. The monoisotopic (exact) mass is 228 g/mol. The van der Waals surface area contributed by atoms with Gasteiger partial charge in [0.15, 0.2) is 0 Å². The van der Waals surface area contributed by atoms with Gasteiger partial charge in [0, 0.05) is 13.1 Å². The fourth-order valence-electron chi connectivity index (χ4n) is 1.65. The van der Waals surface area contributed by atoms with E-state index in [1.807, 2.05) is 13.8 Å². The Morgan fingerprint density at radius 1 is 1.56 bits per heavy atom. The molecule has 0 atom stereocenters. The lowest BCUT2D eigenvalue weighted by molar-refractivity contribution is -0.153. The van der Waals surface area contributed by atoms with E-state index in [0.29, 0.717) is 13.1 Å². The predicted octanol–water partition coefficient (Wildman–Crippen LogP) is 0.148. The van der Waals surface area contributed by atoms with Gasteiger partial charge in [0.25, 0.3) is 0 Å². The van der Waals surface area contributed by atoms with Crippen LogP contribution in [0.2, 0.25) is 0 Å².